The number of hydrogen-bond donors (Lipinski definition) is 3. The second kappa shape index (κ2) is 5.55. The maximum atomic E-state index is 11.2. The van der Waals surface area contributed by atoms with Gasteiger partial charge in [-0.05, 0) is 5.92 Å². The van der Waals surface area contributed by atoms with Gasteiger partial charge in [-0.15, -0.1) is 0 Å². The molecule has 0 aromatic heterocycles. The first kappa shape index (κ1) is 11.8. The molecule has 1 aliphatic heterocycles. The lowest BCUT2D eigenvalue weighted by atomic mass is 10.2. The molecule has 1 aliphatic rings. The summed E-state index contributed by atoms with van der Waals surface area (Å²) < 4.78 is 0. The Labute approximate surface area is 89.9 Å². The number of rotatable bonds is 2. The molecule has 0 aliphatic carbocycles. The zero-order valence-corrected chi connectivity index (χ0v) is 9.29. The van der Waals surface area contributed by atoms with Crippen LogP contribution in [0.5, 0.6) is 0 Å². The standard InChI is InChI=1S/C9H19N5O/c1-7(2)5-12-9(13-10)14-4-3-11-8(15)6-14/h7H,3-6,10H2,1-2H3,(H,11,15)(H,12,13). The summed E-state index contributed by atoms with van der Waals surface area (Å²) in [7, 11) is 0. The fourth-order valence-electron chi connectivity index (χ4n) is 1.33. The molecule has 0 aromatic carbocycles. The van der Waals surface area contributed by atoms with E-state index in [2.05, 4.69) is 29.6 Å². The van der Waals surface area contributed by atoms with Gasteiger partial charge in [0.2, 0.25) is 11.9 Å². The largest absolute Gasteiger partial charge is 0.353 e. The second-order valence-corrected chi connectivity index (χ2v) is 3.97. The van der Waals surface area contributed by atoms with Crippen LogP contribution in [0.25, 0.3) is 0 Å². The van der Waals surface area contributed by atoms with Crippen LogP contribution in [-0.4, -0.2) is 42.9 Å². The first-order valence-corrected chi connectivity index (χ1v) is 5.16. The molecular formula is C9H19N5O. The quantitative estimate of drug-likeness (QED) is 0.235. The lowest BCUT2D eigenvalue weighted by Gasteiger charge is -2.29. The van der Waals surface area contributed by atoms with Crippen molar-refractivity contribution in [2.45, 2.75) is 13.8 Å². The van der Waals surface area contributed by atoms with Crippen molar-refractivity contribution in [1.29, 1.82) is 0 Å². The highest BCUT2D eigenvalue weighted by Gasteiger charge is 2.18. The fourth-order valence-corrected chi connectivity index (χ4v) is 1.33. The Bertz CT molecular complexity index is 251. The van der Waals surface area contributed by atoms with Crippen LogP contribution in [0.15, 0.2) is 4.99 Å². The maximum absolute atomic E-state index is 11.2. The summed E-state index contributed by atoms with van der Waals surface area (Å²) in [4.78, 5) is 17.3. The Balaban J connectivity index is 2.56. The van der Waals surface area contributed by atoms with E-state index in [1.807, 2.05) is 4.90 Å². The zero-order valence-electron chi connectivity index (χ0n) is 9.29. The van der Waals surface area contributed by atoms with Gasteiger partial charge in [-0.1, -0.05) is 13.8 Å². The molecule has 1 saturated heterocycles. The lowest BCUT2D eigenvalue weighted by molar-refractivity contribution is -0.122. The predicted octanol–water partition coefficient (Wildman–Crippen LogP) is -1.11. The summed E-state index contributed by atoms with van der Waals surface area (Å²) >= 11 is 0. The molecule has 0 saturated carbocycles. The van der Waals surface area contributed by atoms with Gasteiger partial charge >= 0.3 is 0 Å². The summed E-state index contributed by atoms with van der Waals surface area (Å²) in [6.45, 7) is 6.58. The molecule has 0 radical (unpaired) electrons. The van der Waals surface area contributed by atoms with E-state index >= 15 is 0 Å². The molecule has 6 nitrogen and oxygen atoms in total. The van der Waals surface area contributed by atoms with Gasteiger partial charge in [0.15, 0.2) is 0 Å². The van der Waals surface area contributed by atoms with Gasteiger partial charge in [-0.25, -0.2) is 5.84 Å². The van der Waals surface area contributed by atoms with Crippen molar-refractivity contribution in [2.24, 2.45) is 16.8 Å². The summed E-state index contributed by atoms with van der Waals surface area (Å²) in [6, 6.07) is 0. The van der Waals surface area contributed by atoms with Gasteiger partial charge in [-0.2, -0.15) is 0 Å². The number of nitrogens with two attached hydrogens (primary N) is 1. The SMILES string of the molecule is CC(C)CN=C(NN)N1CCNC(=O)C1. The average Bonchev–Trinajstić information content (AvgIpc) is 2.18. The molecule has 0 atom stereocenters. The number of nitrogens with one attached hydrogen (secondary N) is 2. The minimum absolute atomic E-state index is 0.00810. The van der Waals surface area contributed by atoms with Gasteiger partial charge in [0.25, 0.3) is 0 Å². The van der Waals surface area contributed by atoms with Crippen LogP contribution in [0.3, 0.4) is 0 Å². The van der Waals surface area contributed by atoms with Gasteiger partial charge in [0, 0.05) is 19.6 Å². The number of carbonyl (C=O) groups is 1. The minimum Gasteiger partial charge on any atom is -0.353 e. The second-order valence-electron chi connectivity index (χ2n) is 3.97. The normalized spacial score (nSPS) is 18.0. The van der Waals surface area contributed by atoms with Crippen molar-refractivity contribution >= 4 is 11.9 Å². The number of amides is 1. The molecule has 0 aromatic rings. The van der Waals surface area contributed by atoms with E-state index in [0.29, 0.717) is 31.5 Å². The summed E-state index contributed by atoms with van der Waals surface area (Å²) in [6.07, 6.45) is 0. The summed E-state index contributed by atoms with van der Waals surface area (Å²) in [5.41, 5.74) is 2.54. The zero-order chi connectivity index (χ0) is 11.3. The van der Waals surface area contributed by atoms with Crippen molar-refractivity contribution in [2.75, 3.05) is 26.2 Å². The third-order valence-corrected chi connectivity index (χ3v) is 2.07. The van der Waals surface area contributed by atoms with Crippen LogP contribution in [-0.2, 0) is 4.79 Å². The molecule has 1 rings (SSSR count). The van der Waals surface area contributed by atoms with E-state index in [9.17, 15) is 4.79 Å². The van der Waals surface area contributed by atoms with Crippen molar-refractivity contribution in [3.8, 4) is 0 Å². The Hall–Kier alpha value is -1.30. The number of carbonyl (C=O) groups excluding carboxylic acids is 1. The van der Waals surface area contributed by atoms with Gasteiger partial charge in [-0.3, -0.25) is 15.2 Å². The van der Waals surface area contributed by atoms with Gasteiger partial charge < -0.3 is 10.2 Å². The van der Waals surface area contributed by atoms with E-state index in [0.717, 1.165) is 6.54 Å². The van der Waals surface area contributed by atoms with Crippen LogP contribution in [0.2, 0.25) is 0 Å². The lowest BCUT2D eigenvalue weighted by Crippen LogP contribution is -2.55. The fraction of sp³-hybridized carbons (Fsp3) is 0.778. The van der Waals surface area contributed by atoms with Crippen molar-refractivity contribution in [3.63, 3.8) is 0 Å². The smallest absolute Gasteiger partial charge is 0.239 e. The van der Waals surface area contributed by atoms with Crippen LogP contribution >= 0.6 is 0 Å². The Morgan fingerprint density at radius 2 is 2.47 bits per heavy atom. The summed E-state index contributed by atoms with van der Waals surface area (Å²) in [5.74, 6) is 6.46. The molecule has 4 N–H and O–H groups in total. The highest BCUT2D eigenvalue weighted by Crippen LogP contribution is 1.97. The highest BCUT2D eigenvalue weighted by atomic mass is 16.2. The molecule has 0 unspecified atom stereocenters. The van der Waals surface area contributed by atoms with E-state index < -0.39 is 0 Å². The van der Waals surface area contributed by atoms with E-state index in [1.54, 1.807) is 0 Å². The first-order chi connectivity index (χ1) is 7.13. The number of aliphatic imine (C=N–C) groups is 1. The third kappa shape index (κ3) is 3.75. The molecule has 0 spiro atoms. The molecule has 6 heteroatoms. The van der Waals surface area contributed by atoms with Crippen LogP contribution in [0.4, 0.5) is 0 Å². The number of hydrazine groups is 1. The number of guanidine groups is 1. The van der Waals surface area contributed by atoms with Gasteiger partial charge in [0.05, 0.1) is 6.54 Å². The van der Waals surface area contributed by atoms with Crippen molar-refractivity contribution in [1.82, 2.24) is 15.6 Å². The van der Waals surface area contributed by atoms with E-state index in [4.69, 9.17) is 5.84 Å². The Morgan fingerprint density at radius 3 is 3.00 bits per heavy atom. The molecule has 86 valence electrons. The molecule has 1 amide bonds. The maximum Gasteiger partial charge on any atom is 0.239 e. The predicted molar refractivity (Wildman–Crippen MR) is 59.0 cm³/mol. The monoisotopic (exact) mass is 213 g/mol. The van der Waals surface area contributed by atoms with Crippen molar-refractivity contribution in [3.05, 3.63) is 0 Å². The molecule has 0 bridgehead atoms. The number of piperazine rings is 1. The average molecular weight is 213 g/mol. The molecule has 1 fully saturated rings. The number of nitrogens with zero attached hydrogens (tertiary/aromatic N) is 2. The highest BCUT2D eigenvalue weighted by molar-refractivity contribution is 5.87. The third-order valence-electron chi connectivity index (χ3n) is 2.07. The molecule has 15 heavy (non-hydrogen) atoms. The van der Waals surface area contributed by atoms with Crippen LogP contribution in [0.1, 0.15) is 13.8 Å². The topological polar surface area (TPSA) is 82.8 Å². The molecule has 1 heterocycles. The van der Waals surface area contributed by atoms with Crippen LogP contribution < -0.4 is 16.6 Å². The number of hydrogen-bond acceptors (Lipinski definition) is 3. The van der Waals surface area contributed by atoms with E-state index in [-0.39, 0.29) is 5.91 Å². The molecular weight excluding hydrogens is 194 g/mol. The van der Waals surface area contributed by atoms with Crippen molar-refractivity contribution < 1.29 is 4.79 Å². The van der Waals surface area contributed by atoms with Gasteiger partial charge in [0.1, 0.15) is 0 Å². The minimum atomic E-state index is 0.00810. The Kier molecular flexibility index (Phi) is 4.36. The van der Waals surface area contributed by atoms with Crippen LogP contribution in [0, 0.1) is 5.92 Å². The van der Waals surface area contributed by atoms with E-state index in [1.165, 1.54) is 0 Å². The summed E-state index contributed by atoms with van der Waals surface area (Å²) in [5, 5.41) is 2.75. The first-order valence-electron chi connectivity index (χ1n) is 5.16. The Morgan fingerprint density at radius 1 is 1.73 bits per heavy atom.